The maximum atomic E-state index is 14.8. The summed E-state index contributed by atoms with van der Waals surface area (Å²) in [4.78, 5) is 105. The Bertz CT molecular complexity index is 2890. The van der Waals surface area contributed by atoms with E-state index in [1.54, 1.807) is 54.9 Å². The van der Waals surface area contributed by atoms with Crippen molar-refractivity contribution in [1.29, 1.82) is 0 Å². The number of hydrogen-bond donors (Lipinski definition) is 6. The van der Waals surface area contributed by atoms with Crippen LogP contribution in [0.5, 0.6) is 5.75 Å². The highest BCUT2D eigenvalue weighted by Gasteiger charge is 2.45. The summed E-state index contributed by atoms with van der Waals surface area (Å²) >= 11 is 0. The minimum atomic E-state index is -1.09. The second-order valence-electron chi connectivity index (χ2n) is 14.8. The molecule has 3 aromatic carbocycles. The SMILES string of the molecule is CNC(=O)c1c(F)cccc1Nc1nc(Nc2cc3c(ccn3C(=O)CN(C)C(=O)CCCNc3cccc4c3C(=O)N(C3CCC(=O)NC3=O)C4=O)cc2OC)nc2[nH]ccc12. The molecule has 6 amide bonds. The van der Waals surface area contributed by atoms with Crippen molar-refractivity contribution >= 4 is 92.1 Å². The second-order valence-corrected chi connectivity index (χ2v) is 14.8. The molecular weight excluding hydrogens is 818 g/mol. The molecule has 0 saturated carbocycles. The monoisotopic (exact) mass is 857 g/mol. The number of nitrogens with one attached hydrogen (secondary N) is 6. The molecule has 322 valence electrons. The van der Waals surface area contributed by atoms with Crippen LogP contribution in [0.2, 0.25) is 0 Å². The molecule has 1 unspecified atom stereocenters. The predicted molar refractivity (Wildman–Crippen MR) is 228 cm³/mol. The number of amides is 6. The van der Waals surface area contributed by atoms with Crippen LogP contribution < -0.4 is 31.3 Å². The highest BCUT2D eigenvalue weighted by molar-refractivity contribution is 6.25. The number of rotatable bonds is 14. The Hall–Kier alpha value is -8.16. The molecular formula is C43H40FN11O8. The zero-order valence-electron chi connectivity index (χ0n) is 34.1. The van der Waals surface area contributed by atoms with E-state index in [1.165, 1.54) is 48.9 Å². The first kappa shape index (κ1) is 41.6. The molecule has 1 saturated heterocycles. The smallest absolute Gasteiger partial charge is 0.264 e. The first-order valence-electron chi connectivity index (χ1n) is 19.8. The number of likely N-dealkylation sites (N-methyl/N-ethyl adjacent to an activating group) is 1. The lowest BCUT2D eigenvalue weighted by Gasteiger charge is -2.27. The number of H-pyrrole nitrogens is 1. The number of fused-ring (bicyclic) bond motifs is 3. The number of aromatic amines is 1. The van der Waals surface area contributed by atoms with Crippen molar-refractivity contribution in [2.24, 2.45) is 0 Å². The molecule has 6 aromatic rings. The lowest BCUT2D eigenvalue weighted by molar-refractivity contribution is -0.136. The van der Waals surface area contributed by atoms with Gasteiger partial charge in [0.15, 0.2) is 0 Å². The summed E-state index contributed by atoms with van der Waals surface area (Å²) in [6, 6.07) is 14.7. The zero-order valence-corrected chi connectivity index (χ0v) is 34.1. The molecule has 63 heavy (non-hydrogen) atoms. The van der Waals surface area contributed by atoms with Gasteiger partial charge in [-0.25, -0.2) is 4.39 Å². The zero-order chi connectivity index (χ0) is 44.5. The Morgan fingerprint density at radius 3 is 2.54 bits per heavy atom. The van der Waals surface area contributed by atoms with Gasteiger partial charge in [-0.2, -0.15) is 9.97 Å². The Labute approximate surface area is 357 Å². The molecule has 2 aliphatic heterocycles. The minimum Gasteiger partial charge on any atom is -0.495 e. The minimum absolute atomic E-state index is 0.00755. The van der Waals surface area contributed by atoms with Gasteiger partial charge in [0.2, 0.25) is 23.7 Å². The van der Waals surface area contributed by atoms with Gasteiger partial charge >= 0.3 is 0 Å². The maximum Gasteiger partial charge on any atom is 0.264 e. The molecule has 5 heterocycles. The molecule has 0 aliphatic carbocycles. The van der Waals surface area contributed by atoms with Gasteiger partial charge in [0, 0.05) is 56.9 Å². The Morgan fingerprint density at radius 2 is 1.76 bits per heavy atom. The summed E-state index contributed by atoms with van der Waals surface area (Å²) in [5.74, 6) is -3.67. The number of benzene rings is 3. The number of aromatic nitrogens is 4. The van der Waals surface area contributed by atoms with E-state index >= 15 is 0 Å². The number of hydrogen-bond acceptors (Lipinski definition) is 13. The van der Waals surface area contributed by atoms with Gasteiger partial charge in [-0.05, 0) is 61.4 Å². The van der Waals surface area contributed by atoms with Gasteiger partial charge in [0.05, 0.1) is 46.1 Å². The summed E-state index contributed by atoms with van der Waals surface area (Å²) in [6.07, 6.45) is 3.69. The first-order chi connectivity index (χ1) is 30.4. The Kier molecular flexibility index (Phi) is 11.3. The molecule has 19 nitrogen and oxygen atoms in total. The van der Waals surface area contributed by atoms with Crippen LogP contribution in [0, 0.1) is 5.82 Å². The van der Waals surface area contributed by atoms with E-state index in [-0.39, 0.29) is 72.4 Å². The second kappa shape index (κ2) is 17.1. The van der Waals surface area contributed by atoms with Gasteiger partial charge < -0.3 is 35.9 Å². The normalized spacial score (nSPS) is 14.7. The topological polar surface area (TPSA) is 242 Å². The summed E-state index contributed by atoms with van der Waals surface area (Å²) in [5, 5.41) is 15.2. The molecule has 0 bridgehead atoms. The number of imide groups is 2. The van der Waals surface area contributed by atoms with Crippen LogP contribution in [0.1, 0.15) is 61.6 Å². The summed E-state index contributed by atoms with van der Waals surface area (Å²) in [5.41, 5.74) is 1.96. The summed E-state index contributed by atoms with van der Waals surface area (Å²) < 4.78 is 21.9. The lowest BCUT2D eigenvalue weighted by atomic mass is 10.0. The third-order valence-electron chi connectivity index (χ3n) is 10.8. The van der Waals surface area contributed by atoms with Crippen molar-refractivity contribution in [3.63, 3.8) is 0 Å². The average molecular weight is 858 g/mol. The molecule has 20 heteroatoms. The number of carbonyl (C=O) groups is 7. The quantitative estimate of drug-likeness (QED) is 0.0663. The van der Waals surface area contributed by atoms with Crippen LogP contribution in [-0.2, 0) is 14.4 Å². The number of piperidine rings is 1. The molecule has 0 spiro atoms. The van der Waals surface area contributed by atoms with Crippen molar-refractivity contribution in [3.05, 3.63) is 95.6 Å². The van der Waals surface area contributed by atoms with Crippen molar-refractivity contribution < 1.29 is 42.7 Å². The van der Waals surface area contributed by atoms with Gasteiger partial charge in [-0.15, -0.1) is 0 Å². The van der Waals surface area contributed by atoms with Crippen molar-refractivity contribution in [2.45, 2.75) is 31.7 Å². The van der Waals surface area contributed by atoms with Gasteiger partial charge in [0.1, 0.15) is 35.6 Å². The Morgan fingerprint density at radius 1 is 0.968 bits per heavy atom. The third kappa shape index (κ3) is 7.96. The number of nitrogens with zero attached hydrogens (tertiary/aromatic N) is 5. The largest absolute Gasteiger partial charge is 0.495 e. The number of carbonyl (C=O) groups excluding carboxylic acids is 7. The van der Waals surface area contributed by atoms with Crippen molar-refractivity contribution in [3.8, 4) is 5.75 Å². The van der Waals surface area contributed by atoms with E-state index in [4.69, 9.17) is 4.74 Å². The van der Waals surface area contributed by atoms with Gasteiger partial charge in [0.25, 0.3) is 23.6 Å². The molecule has 1 atom stereocenters. The molecule has 0 radical (unpaired) electrons. The highest BCUT2D eigenvalue weighted by Crippen LogP contribution is 2.35. The van der Waals surface area contributed by atoms with Gasteiger partial charge in [-0.3, -0.25) is 48.3 Å². The number of halogens is 1. The van der Waals surface area contributed by atoms with Crippen molar-refractivity contribution in [2.75, 3.05) is 50.2 Å². The maximum absolute atomic E-state index is 14.8. The highest BCUT2D eigenvalue weighted by atomic mass is 19.1. The van der Waals surface area contributed by atoms with Crippen LogP contribution in [0.3, 0.4) is 0 Å². The van der Waals surface area contributed by atoms with Gasteiger partial charge in [-0.1, -0.05) is 12.1 Å². The number of methoxy groups -OCH3 is 1. The van der Waals surface area contributed by atoms with E-state index in [0.29, 0.717) is 45.5 Å². The summed E-state index contributed by atoms with van der Waals surface area (Å²) in [7, 11) is 4.41. The van der Waals surface area contributed by atoms with E-state index < -0.39 is 47.3 Å². The Balaban J connectivity index is 0.922. The van der Waals surface area contributed by atoms with Crippen LogP contribution >= 0.6 is 0 Å². The van der Waals surface area contributed by atoms with E-state index in [2.05, 4.69) is 41.5 Å². The predicted octanol–water partition coefficient (Wildman–Crippen LogP) is 4.30. The van der Waals surface area contributed by atoms with Crippen LogP contribution in [0.15, 0.2) is 73.1 Å². The third-order valence-corrected chi connectivity index (χ3v) is 10.8. The van der Waals surface area contributed by atoms with Crippen molar-refractivity contribution in [1.82, 2.24) is 40.0 Å². The standard InChI is InChI=1S/C43H40FN11O8/c1-45-40(60)36-25(44)8-5-10-27(36)48-38-24-14-17-47-37(24)51-43(52-38)49-28-20-30-22(19-31(28)63-3)15-18-54(30)34(58)21-53(2)33(57)11-6-16-46-26-9-4-7-23-35(26)42(62)55(41(23)61)29-12-13-32(56)50-39(29)59/h4-5,7-10,14-15,17-20,29,46H,6,11-13,16,21H2,1-3H3,(H,45,60)(H,50,56,59)(H3,47,48,49,51,52). The van der Waals surface area contributed by atoms with E-state index in [9.17, 15) is 38.0 Å². The molecule has 3 aromatic heterocycles. The molecule has 2 aliphatic rings. The average Bonchev–Trinajstić information content (AvgIpc) is 3.98. The fraction of sp³-hybridized carbons (Fsp3) is 0.233. The number of ether oxygens (including phenoxy) is 1. The molecule has 6 N–H and O–H groups in total. The first-order valence-corrected chi connectivity index (χ1v) is 19.8. The molecule has 8 rings (SSSR count). The van der Waals surface area contributed by atoms with Crippen LogP contribution in [0.4, 0.5) is 33.2 Å². The molecule has 1 fully saturated rings. The number of anilines is 5. The van der Waals surface area contributed by atoms with E-state index in [1.807, 2.05) is 0 Å². The fourth-order valence-corrected chi connectivity index (χ4v) is 7.65. The van der Waals surface area contributed by atoms with E-state index in [0.717, 1.165) is 4.90 Å². The fourth-order valence-electron chi connectivity index (χ4n) is 7.65. The van der Waals surface area contributed by atoms with Crippen LogP contribution in [-0.4, -0.2) is 111 Å². The summed E-state index contributed by atoms with van der Waals surface area (Å²) in [6.45, 7) is 0.00715. The van der Waals surface area contributed by atoms with Crippen LogP contribution in [0.25, 0.3) is 21.9 Å². The lowest BCUT2D eigenvalue weighted by Crippen LogP contribution is -2.54.